The van der Waals surface area contributed by atoms with E-state index >= 15 is 0 Å². The first-order valence-electron chi connectivity index (χ1n) is 5.59. The highest BCUT2D eigenvalue weighted by Gasteiger charge is 2.24. The Bertz CT molecular complexity index is 299. The minimum absolute atomic E-state index is 0.162. The van der Waals surface area contributed by atoms with Gasteiger partial charge >= 0.3 is 5.97 Å². The van der Waals surface area contributed by atoms with Crippen LogP contribution in [-0.4, -0.2) is 34.2 Å². The van der Waals surface area contributed by atoms with Gasteiger partial charge in [0, 0.05) is 0 Å². The summed E-state index contributed by atoms with van der Waals surface area (Å²) in [5.74, 6) is -1.61. The van der Waals surface area contributed by atoms with Gasteiger partial charge in [-0.3, -0.25) is 4.79 Å². The number of carbonyl (C=O) groups excluding carboxylic acids is 1. The van der Waals surface area contributed by atoms with Gasteiger partial charge in [-0.1, -0.05) is 19.4 Å². The predicted molar refractivity (Wildman–Crippen MR) is 64.5 cm³/mol. The zero-order chi connectivity index (χ0) is 13.6. The van der Waals surface area contributed by atoms with Gasteiger partial charge in [0.05, 0.1) is 0 Å². The molecular formula is C12H21NO4. The first-order valence-corrected chi connectivity index (χ1v) is 5.59. The number of aliphatic hydroxyl groups excluding tert-OH is 1. The maximum absolute atomic E-state index is 11.5. The SMILES string of the molecule is C=C(C)C[C@H](NC(=O)[C@H](O)CC(C)C)C(=O)O. The molecule has 0 saturated carbocycles. The Balaban J connectivity index is 4.39. The van der Waals surface area contributed by atoms with Crippen LogP contribution in [-0.2, 0) is 9.59 Å². The molecule has 98 valence electrons. The van der Waals surface area contributed by atoms with Crippen molar-refractivity contribution in [3.8, 4) is 0 Å². The summed E-state index contributed by atoms with van der Waals surface area (Å²) in [6.45, 7) is 9.04. The molecule has 0 aromatic carbocycles. The molecule has 0 bridgehead atoms. The van der Waals surface area contributed by atoms with Gasteiger partial charge in [-0.25, -0.2) is 4.79 Å². The van der Waals surface area contributed by atoms with Crippen LogP contribution in [0.15, 0.2) is 12.2 Å². The average Bonchev–Trinajstić information content (AvgIpc) is 2.14. The number of carboxylic acid groups (broad SMARTS) is 1. The van der Waals surface area contributed by atoms with Crippen LogP contribution in [0.2, 0.25) is 0 Å². The molecule has 0 aromatic rings. The van der Waals surface area contributed by atoms with E-state index in [0.29, 0.717) is 12.0 Å². The third-order valence-corrected chi connectivity index (χ3v) is 2.16. The molecule has 0 saturated heterocycles. The van der Waals surface area contributed by atoms with E-state index in [2.05, 4.69) is 11.9 Å². The molecule has 0 radical (unpaired) electrons. The summed E-state index contributed by atoms with van der Waals surface area (Å²) in [4.78, 5) is 22.4. The molecule has 2 atom stereocenters. The fourth-order valence-electron chi connectivity index (χ4n) is 1.37. The van der Waals surface area contributed by atoms with Crippen LogP contribution >= 0.6 is 0 Å². The van der Waals surface area contributed by atoms with Crippen molar-refractivity contribution in [2.24, 2.45) is 5.92 Å². The highest BCUT2D eigenvalue weighted by molar-refractivity contribution is 5.86. The molecule has 0 rings (SSSR count). The lowest BCUT2D eigenvalue weighted by Crippen LogP contribution is -2.45. The largest absolute Gasteiger partial charge is 0.480 e. The maximum atomic E-state index is 11.5. The molecule has 17 heavy (non-hydrogen) atoms. The molecular weight excluding hydrogens is 222 g/mol. The zero-order valence-corrected chi connectivity index (χ0v) is 10.6. The van der Waals surface area contributed by atoms with Crippen LogP contribution in [0.4, 0.5) is 0 Å². The Hall–Kier alpha value is -1.36. The van der Waals surface area contributed by atoms with Crippen molar-refractivity contribution in [2.45, 2.75) is 45.8 Å². The van der Waals surface area contributed by atoms with Crippen molar-refractivity contribution in [3.05, 3.63) is 12.2 Å². The van der Waals surface area contributed by atoms with Gasteiger partial charge < -0.3 is 15.5 Å². The molecule has 0 aliphatic heterocycles. The molecule has 0 aromatic heterocycles. The van der Waals surface area contributed by atoms with Crippen molar-refractivity contribution in [1.29, 1.82) is 0 Å². The highest BCUT2D eigenvalue weighted by Crippen LogP contribution is 2.07. The van der Waals surface area contributed by atoms with E-state index in [0.717, 1.165) is 0 Å². The topological polar surface area (TPSA) is 86.6 Å². The number of hydrogen-bond acceptors (Lipinski definition) is 3. The Morgan fingerprint density at radius 1 is 1.35 bits per heavy atom. The highest BCUT2D eigenvalue weighted by atomic mass is 16.4. The number of carbonyl (C=O) groups is 2. The van der Waals surface area contributed by atoms with Gasteiger partial charge in [-0.15, -0.1) is 6.58 Å². The normalized spacial score (nSPS) is 14.2. The predicted octanol–water partition coefficient (Wildman–Crippen LogP) is 0.929. The van der Waals surface area contributed by atoms with Crippen molar-refractivity contribution >= 4 is 11.9 Å². The molecule has 0 aliphatic carbocycles. The smallest absolute Gasteiger partial charge is 0.326 e. The minimum atomic E-state index is -1.16. The Morgan fingerprint density at radius 2 is 1.88 bits per heavy atom. The third-order valence-electron chi connectivity index (χ3n) is 2.16. The van der Waals surface area contributed by atoms with E-state index in [1.165, 1.54) is 0 Å². The molecule has 5 nitrogen and oxygen atoms in total. The Labute approximate surface area is 102 Å². The number of amides is 1. The maximum Gasteiger partial charge on any atom is 0.326 e. The number of aliphatic carboxylic acids is 1. The van der Waals surface area contributed by atoms with E-state index in [-0.39, 0.29) is 12.3 Å². The Kier molecular flexibility index (Phi) is 6.50. The van der Waals surface area contributed by atoms with E-state index in [4.69, 9.17) is 5.11 Å². The second-order valence-corrected chi connectivity index (χ2v) is 4.71. The molecule has 0 unspecified atom stereocenters. The Morgan fingerprint density at radius 3 is 2.24 bits per heavy atom. The lowest BCUT2D eigenvalue weighted by Gasteiger charge is -2.18. The van der Waals surface area contributed by atoms with Crippen LogP contribution in [0.5, 0.6) is 0 Å². The number of rotatable bonds is 7. The summed E-state index contributed by atoms with van der Waals surface area (Å²) in [6.07, 6.45) is -0.692. The minimum Gasteiger partial charge on any atom is -0.480 e. The monoisotopic (exact) mass is 243 g/mol. The third kappa shape index (κ3) is 6.73. The van der Waals surface area contributed by atoms with Crippen LogP contribution in [0.3, 0.4) is 0 Å². The molecule has 0 spiro atoms. The van der Waals surface area contributed by atoms with Gasteiger partial charge in [0.15, 0.2) is 0 Å². The van der Waals surface area contributed by atoms with Crippen molar-refractivity contribution in [3.63, 3.8) is 0 Å². The van der Waals surface area contributed by atoms with Crippen molar-refractivity contribution in [1.82, 2.24) is 5.32 Å². The van der Waals surface area contributed by atoms with Crippen molar-refractivity contribution in [2.75, 3.05) is 0 Å². The summed E-state index contributed by atoms with van der Waals surface area (Å²) >= 11 is 0. The summed E-state index contributed by atoms with van der Waals surface area (Å²) < 4.78 is 0. The van der Waals surface area contributed by atoms with Gasteiger partial charge in [0.25, 0.3) is 0 Å². The van der Waals surface area contributed by atoms with Crippen LogP contribution < -0.4 is 5.32 Å². The van der Waals surface area contributed by atoms with E-state index in [9.17, 15) is 14.7 Å². The van der Waals surface area contributed by atoms with Crippen molar-refractivity contribution < 1.29 is 19.8 Å². The van der Waals surface area contributed by atoms with E-state index in [1.807, 2.05) is 13.8 Å². The summed E-state index contributed by atoms with van der Waals surface area (Å²) in [5.41, 5.74) is 0.663. The number of carboxylic acids is 1. The van der Waals surface area contributed by atoms with Crippen LogP contribution in [0.25, 0.3) is 0 Å². The first-order chi connectivity index (χ1) is 7.73. The number of aliphatic hydroxyl groups is 1. The molecule has 0 fully saturated rings. The van der Waals surface area contributed by atoms with Gasteiger partial charge in [-0.2, -0.15) is 0 Å². The van der Waals surface area contributed by atoms with Crippen LogP contribution in [0.1, 0.15) is 33.6 Å². The van der Waals surface area contributed by atoms with E-state index in [1.54, 1.807) is 6.92 Å². The van der Waals surface area contributed by atoms with Gasteiger partial charge in [-0.05, 0) is 25.7 Å². The van der Waals surface area contributed by atoms with Crippen LogP contribution in [0, 0.1) is 5.92 Å². The molecule has 0 aliphatic rings. The summed E-state index contributed by atoms with van der Waals surface area (Å²) in [5, 5.41) is 20.7. The lowest BCUT2D eigenvalue weighted by molar-refractivity contribution is -0.143. The van der Waals surface area contributed by atoms with Gasteiger partial charge in [0.2, 0.25) is 5.91 Å². The molecule has 1 amide bonds. The summed E-state index contributed by atoms with van der Waals surface area (Å²) in [6, 6.07) is -1.03. The zero-order valence-electron chi connectivity index (χ0n) is 10.6. The molecule has 0 heterocycles. The standard InChI is InChI=1S/C12H21NO4/c1-7(2)5-9(12(16)17)13-11(15)10(14)6-8(3)4/h8-10,14H,1,5-6H2,2-4H3,(H,13,15)(H,16,17)/t9-,10+/m0/s1. The first kappa shape index (κ1) is 15.6. The summed E-state index contributed by atoms with van der Waals surface area (Å²) in [7, 11) is 0. The quantitative estimate of drug-likeness (QED) is 0.580. The average molecular weight is 243 g/mol. The molecule has 3 N–H and O–H groups in total. The molecule has 5 heteroatoms. The fourth-order valence-corrected chi connectivity index (χ4v) is 1.37. The second kappa shape index (κ2) is 7.06. The fraction of sp³-hybridized carbons (Fsp3) is 0.667. The van der Waals surface area contributed by atoms with E-state index < -0.39 is 24.0 Å². The lowest BCUT2D eigenvalue weighted by atomic mass is 10.0. The number of nitrogens with one attached hydrogen (secondary N) is 1. The second-order valence-electron chi connectivity index (χ2n) is 4.71. The number of hydrogen-bond donors (Lipinski definition) is 3. The van der Waals surface area contributed by atoms with Gasteiger partial charge in [0.1, 0.15) is 12.1 Å².